The van der Waals surface area contributed by atoms with E-state index in [0.29, 0.717) is 0 Å². The Morgan fingerprint density at radius 3 is 1.17 bits per heavy atom. The van der Waals surface area contributed by atoms with Gasteiger partial charge >= 0.3 is 49.6 Å². The molecule has 2 rings (SSSR count). The number of halogens is 4. The van der Waals surface area contributed by atoms with Crippen molar-refractivity contribution in [3.8, 4) is 0 Å². The molecule has 0 spiro atoms. The quantitative estimate of drug-likeness (QED) is 0.319. The summed E-state index contributed by atoms with van der Waals surface area (Å²) in [6, 6.07) is 0. The van der Waals surface area contributed by atoms with Crippen molar-refractivity contribution in [2.45, 2.75) is 65.2 Å². The molecule has 0 saturated carbocycles. The van der Waals surface area contributed by atoms with Gasteiger partial charge in [-0.3, -0.25) is 0 Å². The summed E-state index contributed by atoms with van der Waals surface area (Å²) < 4.78 is 0. The van der Waals surface area contributed by atoms with Crippen LogP contribution in [0.25, 0.3) is 10.6 Å². The fourth-order valence-electron chi connectivity index (χ4n) is 3.00. The van der Waals surface area contributed by atoms with Crippen LogP contribution in [-0.4, -0.2) is 26.2 Å². The second kappa shape index (κ2) is 16.0. The van der Waals surface area contributed by atoms with Gasteiger partial charge in [0.1, 0.15) is 0 Å². The normalized spacial score (nSPS) is 20.8. The topological polar surface area (TPSA) is 28.2 Å². The standard InChI is InChI=1S/2C8H16N.4ClH.Pt/c2*1-2-3-8-4-6-9-7-5-8;;;;;/h2*8H,2-7H2,1H3;4*1H;/q2*-1;;;;;+6/p-4. The number of hydrogen-bond acceptors (Lipinski definition) is 0. The number of hydrogen-bond donors (Lipinski definition) is 0. The van der Waals surface area contributed by atoms with Gasteiger partial charge in [-0.15, -0.1) is 26.2 Å². The van der Waals surface area contributed by atoms with Gasteiger partial charge in [0.05, 0.1) is 0 Å². The maximum absolute atomic E-state index is 5.01. The number of nitrogens with zero attached hydrogens (tertiary/aromatic N) is 2. The van der Waals surface area contributed by atoms with Gasteiger partial charge in [0, 0.05) is 0 Å². The Hall–Kier alpha value is 1.77. The molecule has 2 fully saturated rings. The first-order valence-corrected chi connectivity index (χ1v) is 19.9. The van der Waals surface area contributed by atoms with Crippen molar-refractivity contribution in [1.82, 2.24) is 0 Å². The summed E-state index contributed by atoms with van der Waals surface area (Å²) in [5, 5.41) is 8.62. The molecule has 2 aliphatic rings. The molecule has 0 atom stereocenters. The molecular weight excluding hydrogens is 557 g/mol. The van der Waals surface area contributed by atoms with Gasteiger partial charge in [-0.25, -0.2) is 0 Å². The average molecular weight is 589 g/mol. The van der Waals surface area contributed by atoms with E-state index in [2.05, 4.69) is 24.5 Å². The molecule has 144 valence electrons. The molecule has 0 aromatic carbocycles. The molecule has 23 heavy (non-hydrogen) atoms. The van der Waals surface area contributed by atoms with Crippen molar-refractivity contribution < 1.29 is 11.9 Å². The van der Waals surface area contributed by atoms with Gasteiger partial charge in [-0.2, -0.15) is 0 Å². The molecule has 0 amide bonds. The van der Waals surface area contributed by atoms with Crippen LogP contribution in [0.3, 0.4) is 0 Å². The van der Waals surface area contributed by atoms with E-state index in [9.17, 15) is 0 Å². The Labute approximate surface area is 162 Å². The Morgan fingerprint density at radius 1 is 0.696 bits per heavy atom. The number of rotatable bonds is 4. The second-order valence-electron chi connectivity index (χ2n) is 6.08. The monoisotopic (exact) mass is 587 g/mol. The third-order valence-electron chi connectivity index (χ3n) is 4.18. The van der Waals surface area contributed by atoms with Crippen molar-refractivity contribution in [3.05, 3.63) is 10.6 Å². The van der Waals surface area contributed by atoms with Crippen LogP contribution >= 0.6 is 37.7 Å². The predicted octanol–water partition coefficient (Wildman–Crippen LogP) is 7.90. The minimum absolute atomic E-state index is 1.01. The molecule has 7 heteroatoms. The van der Waals surface area contributed by atoms with Crippen LogP contribution in [0.1, 0.15) is 65.2 Å². The predicted molar refractivity (Wildman–Crippen MR) is 105 cm³/mol. The van der Waals surface area contributed by atoms with E-state index < -0.39 is 11.9 Å². The summed E-state index contributed by atoms with van der Waals surface area (Å²) in [6.07, 6.45) is 11.0. The molecule has 0 unspecified atom stereocenters. The van der Waals surface area contributed by atoms with E-state index in [1.54, 1.807) is 0 Å². The second-order valence-corrected chi connectivity index (χ2v) is 25.8. The van der Waals surface area contributed by atoms with E-state index in [4.69, 9.17) is 37.7 Å². The van der Waals surface area contributed by atoms with Gasteiger partial charge in [0.15, 0.2) is 0 Å². The Bertz CT molecular complexity index is 221. The molecule has 0 radical (unpaired) electrons. The van der Waals surface area contributed by atoms with Gasteiger partial charge in [-0.05, 0) is 11.8 Å². The zero-order valence-electron chi connectivity index (χ0n) is 14.4. The third-order valence-corrected chi connectivity index (χ3v) is 4.18. The molecule has 2 heterocycles. The van der Waals surface area contributed by atoms with Crippen LogP contribution in [0.5, 0.6) is 0 Å². The summed E-state index contributed by atoms with van der Waals surface area (Å²) in [4.78, 5) is 0. The Balaban J connectivity index is 0.000000332. The molecule has 2 nitrogen and oxygen atoms in total. The molecule has 0 aliphatic carbocycles. The molecular formula is C16H32Cl4N2Pt. The summed E-state index contributed by atoms with van der Waals surface area (Å²) in [6.45, 7) is 9.06. The van der Waals surface area contributed by atoms with E-state index >= 15 is 0 Å². The number of piperidine rings is 2. The summed E-state index contributed by atoms with van der Waals surface area (Å²) in [7, 11) is 20.0. The van der Waals surface area contributed by atoms with Crippen LogP contribution in [-0.2, 0) is 11.9 Å². The van der Waals surface area contributed by atoms with Crippen LogP contribution in [0.2, 0.25) is 0 Å². The van der Waals surface area contributed by atoms with E-state index in [1.165, 1.54) is 51.4 Å². The summed E-state index contributed by atoms with van der Waals surface area (Å²) >= 11 is -3.06. The van der Waals surface area contributed by atoms with Crippen molar-refractivity contribution in [1.29, 1.82) is 0 Å². The van der Waals surface area contributed by atoms with Gasteiger partial charge in [-0.1, -0.05) is 65.2 Å². The maximum atomic E-state index is 5.01. The zero-order chi connectivity index (χ0) is 17.6. The van der Waals surface area contributed by atoms with Crippen molar-refractivity contribution >= 4 is 37.7 Å². The van der Waals surface area contributed by atoms with Crippen molar-refractivity contribution in [2.75, 3.05) is 26.2 Å². The average Bonchev–Trinajstić information content (AvgIpc) is 2.49. The van der Waals surface area contributed by atoms with Gasteiger partial charge in [0.2, 0.25) is 0 Å². The molecule has 2 aliphatic heterocycles. The molecule has 0 bridgehead atoms. The Morgan fingerprint density at radius 2 is 0.957 bits per heavy atom. The van der Waals surface area contributed by atoms with Crippen LogP contribution in [0.15, 0.2) is 0 Å². The van der Waals surface area contributed by atoms with Gasteiger partial charge < -0.3 is 10.6 Å². The summed E-state index contributed by atoms with van der Waals surface area (Å²) in [5.41, 5.74) is 0. The fraction of sp³-hybridized carbons (Fsp3) is 1.00. The molecule has 2 saturated heterocycles. The van der Waals surface area contributed by atoms with E-state index in [0.717, 1.165) is 38.0 Å². The third kappa shape index (κ3) is 19.9. The van der Waals surface area contributed by atoms with E-state index in [1.807, 2.05) is 0 Å². The van der Waals surface area contributed by atoms with Crippen molar-refractivity contribution in [3.63, 3.8) is 0 Å². The molecule has 0 N–H and O–H groups in total. The van der Waals surface area contributed by atoms with Crippen LogP contribution in [0, 0.1) is 11.8 Å². The van der Waals surface area contributed by atoms with Gasteiger partial charge in [0.25, 0.3) is 0 Å². The van der Waals surface area contributed by atoms with Crippen LogP contribution in [0.4, 0.5) is 0 Å². The Kier molecular flexibility index (Phi) is 17.2. The first kappa shape index (κ1) is 24.8. The molecule has 0 aromatic rings. The van der Waals surface area contributed by atoms with E-state index in [-0.39, 0.29) is 0 Å². The van der Waals surface area contributed by atoms with Crippen LogP contribution < -0.4 is 0 Å². The first-order valence-electron chi connectivity index (χ1n) is 8.61. The minimum atomic E-state index is -3.06. The first-order chi connectivity index (χ1) is 10.9. The SMILES string of the molecule is CCCC1CC[N-]CC1.CCCC1CC[N-]CC1.[Cl][Pt+2]([Cl])([Cl])[Cl]. The summed E-state index contributed by atoms with van der Waals surface area (Å²) in [5.74, 6) is 2.01. The molecule has 0 aromatic heterocycles. The van der Waals surface area contributed by atoms with Crippen molar-refractivity contribution in [2.24, 2.45) is 11.8 Å². The fourth-order valence-corrected chi connectivity index (χ4v) is 3.00. The zero-order valence-corrected chi connectivity index (χ0v) is 19.7.